The minimum absolute atomic E-state index is 0.329. The number of halogens is 3. The molecule has 0 spiro atoms. The van der Waals surface area contributed by atoms with Gasteiger partial charge >= 0.3 is 6.18 Å². The van der Waals surface area contributed by atoms with E-state index in [1.807, 2.05) is 13.8 Å². The molecule has 20 heavy (non-hydrogen) atoms. The van der Waals surface area contributed by atoms with Gasteiger partial charge < -0.3 is 5.32 Å². The average molecular weight is 283 g/mol. The number of nitrogens with zero attached hydrogens (tertiary/aromatic N) is 1. The molecule has 0 aliphatic rings. The van der Waals surface area contributed by atoms with Crippen LogP contribution in [0.15, 0.2) is 30.3 Å². The van der Waals surface area contributed by atoms with Gasteiger partial charge in [-0.05, 0) is 18.2 Å². The summed E-state index contributed by atoms with van der Waals surface area (Å²) >= 11 is 0. The minimum Gasteiger partial charge on any atom is -0.309 e. The van der Waals surface area contributed by atoms with E-state index in [1.54, 1.807) is 12.1 Å². The van der Waals surface area contributed by atoms with E-state index >= 15 is 0 Å². The third-order valence-corrected chi connectivity index (χ3v) is 2.82. The van der Waals surface area contributed by atoms with Gasteiger partial charge in [0, 0.05) is 23.8 Å². The zero-order chi connectivity index (χ0) is 14.8. The Kier molecular flexibility index (Phi) is 4.13. The van der Waals surface area contributed by atoms with Crippen molar-refractivity contribution in [2.24, 2.45) is 0 Å². The Labute approximate surface area is 115 Å². The molecule has 1 aromatic heterocycles. The van der Waals surface area contributed by atoms with Crippen LogP contribution in [0.3, 0.4) is 0 Å². The van der Waals surface area contributed by atoms with Crippen molar-refractivity contribution in [1.29, 1.82) is 0 Å². The first kappa shape index (κ1) is 14.6. The lowest BCUT2D eigenvalue weighted by molar-refractivity contribution is -0.137. The molecule has 2 rings (SSSR count). The van der Waals surface area contributed by atoms with E-state index in [9.17, 15) is 13.2 Å². The van der Waals surface area contributed by atoms with E-state index in [0.717, 1.165) is 17.8 Å². The molecule has 1 aromatic carbocycles. The highest BCUT2D eigenvalue weighted by Gasteiger charge is 2.30. The highest BCUT2D eigenvalue weighted by atomic mass is 19.4. The van der Waals surface area contributed by atoms with Crippen LogP contribution in [0.5, 0.6) is 0 Å². The Hall–Kier alpha value is -1.82. The van der Waals surface area contributed by atoms with Crippen molar-refractivity contribution in [2.75, 3.05) is 0 Å². The van der Waals surface area contributed by atoms with Crippen LogP contribution in [-0.2, 0) is 12.7 Å². The molecule has 0 unspecified atom stereocenters. The number of nitrogens with one attached hydrogen (secondary N) is 2. The third-order valence-electron chi connectivity index (χ3n) is 2.82. The first-order chi connectivity index (χ1) is 9.36. The van der Waals surface area contributed by atoms with Gasteiger partial charge in [0.15, 0.2) is 0 Å². The Morgan fingerprint density at radius 1 is 1.25 bits per heavy atom. The molecular weight excluding hydrogens is 267 g/mol. The van der Waals surface area contributed by atoms with E-state index in [4.69, 9.17) is 0 Å². The number of H-pyrrole nitrogens is 1. The van der Waals surface area contributed by atoms with Gasteiger partial charge in [0.05, 0.1) is 11.3 Å². The lowest BCUT2D eigenvalue weighted by Gasteiger charge is -2.07. The summed E-state index contributed by atoms with van der Waals surface area (Å²) in [7, 11) is 0. The fourth-order valence-corrected chi connectivity index (χ4v) is 1.77. The zero-order valence-electron chi connectivity index (χ0n) is 11.3. The van der Waals surface area contributed by atoms with Crippen LogP contribution < -0.4 is 5.32 Å². The van der Waals surface area contributed by atoms with Gasteiger partial charge in [0.1, 0.15) is 0 Å². The van der Waals surface area contributed by atoms with Crippen LogP contribution >= 0.6 is 0 Å². The maximum atomic E-state index is 12.7. The van der Waals surface area contributed by atoms with E-state index < -0.39 is 11.7 Å². The molecule has 108 valence electrons. The first-order valence-electron chi connectivity index (χ1n) is 6.31. The van der Waals surface area contributed by atoms with Crippen molar-refractivity contribution in [2.45, 2.75) is 32.6 Å². The number of aromatic amines is 1. The molecular formula is C14H16F3N3. The highest BCUT2D eigenvalue weighted by molar-refractivity contribution is 5.60. The molecule has 2 aromatic rings. The predicted molar refractivity (Wildman–Crippen MR) is 71.0 cm³/mol. The van der Waals surface area contributed by atoms with Crippen LogP contribution in [0, 0.1) is 0 Å². The van der Waals surface area contributed by atoms with Gasteiger partial charge in [-0.15, -0.1) is 0 Å². The van der Waals surface area contributed by atoms with Crippen molar-refractivity contribution in [3.05, 3.63) is 41.6 Å². The number of hydrogen-bond acceptors (Lipinski definition) is 2. The fraction of sp³-hybridized carbons (Fsp3) is 0.357. The number of benzene rings is 1. The lowest BCUT2D eigenvalue weighted by atomic mass is 10.1. The largest absolute Gasteiger partial charge is 0.416 e. The average Bonchev–Trinajstić information content (AvgIpc) is 2.84. The van der Waals surface area contributed by atoms with Crippen LogP contribution in [-0.4, -0.2) is 16.2 Å². The van der Waals surface area contributed by atoms with Gasteiger partial charge in [-0.25, -0.2) is 0 Å². The summed E-state index contributed by atoms with van der Waals surface area (Å²) in [5.41, 5.74) is 1.13. The van der Waals surface area contributed by atoms with Crippen molar-refractivity contribution in [3.63, 3.8) is 0 Å². The summed E-state index contributed by atoms with van der Waals surface area (Å²) in [6, 6.07) is 7.25. The second kappa shape index (κ2) is 5.66. The smallest absolute Gasteiger partial charge is 0.309 e. The zero-order valence-corrected chi connectivity index (χ0v) is 11.3. The molecule has 0 aliphatic heterocycles. The first-order valence-corrected chi connectivity index (χ1v) is 6.31. The molecule has 1 heterocycles. The van der Waals surface area contributed by atoms with Gasteiger partial charge in [-0.2, -0.15) is 18.3 Å². The summed E-state index contributed by atoms with van der Waals surface area (Å²) in [4.78, 5) is 0. The Morgan fingerprint density at radius 3 is 2.65 bits per heavy atom. The second-order valence-corrected chi connectivity index (χ2v) is 4.89. The quantitative estimate of drug-likeness (QED) is 0.900. The molecule has 0 fully saturated rings. The SMILES string of the molecule is CC(C)NCc1cc(-c2cccc(C(F)(F)F)c2)n[nH]1. The van der Waals surface area contributed by atoms with Gasteiger partial charge in [0.2, 0.25) is 0 Å². The molecule has 0 saturated carbocycles. The summed E-state index contributed by atoms with van der Waals surface area (Å²) in [5.74, 6) is 0. The van der Waals surface area contributed by atoms with Crippen molar-refractivity contribution in [3.8, 4) is 11.3 Å². The maximum absolute atomic E-state index is 12.7. The Morgan fingerprint density at radius 2 is 2.00 bits per heavy atom. The Bertz CT molecular complexity index is 573. The van der Waals surface area contributed by atoms with E-state index in [-0.39, 0.29) is 0 Å². The number of aromatic nitrogens is 2. The molecule has 3 nitrogen and oxygen atoms in total. The Balaban J connectivity index is 2.20. The molecule has 2 N–H and O–H groups in total. The molecule has 0 amide bonds. The van der Waals surface area contributed by atoms with Crippen LogP contribution in [0.2, 0.25) is 0 Å². The minimum atomic E-state index is -4.34. The topological polar surface area (TPSA) is 40.7 Å². The molecule has 6 heteroatoms. The number of rotatable bonds is 4. The van der Waals surface area contributed by atoms with Crippen LogP contribution in [0.1, 0.15) is 25.1 Å². The van der Waals surface area contributed by atoms with Crippen LogP contribution in [0.4, 0.5) is 13.2 Å². The highest BCUT2D eigenvalue weighted by Crippen LogP contribution is 2.31. The van der Waals surface area contributed by atoms with Crippen molar-refractivity contribution in [1.82, 2.24) is 15.5 Å². The van der Waals surface area contributed by atoms with Gasteiger partial charge in [-0.1, -0.05) is 26.0 Å². The number of hydrogen-bond donors (Lipinski definition) is 2. The summed E-state index contributed by atoms with van der Waals surface area (Å²) < 4.78 is 38.0. The van der Waals surface area contributed by atoms with E-state index in [1.165, 1.54) is 6.07 Å². The molecule has 0 aliphatic carbocycles. The van der Waals surface area contributed by atoms with Crippen molar-refractivity contribution >= 4 is 0 Å². The van der Waals surface area contributed by atoms with E-state index in [2.05, 4.69) is 15.5 Å². The summed E-state index contributed by atoms with van der Waals surface area (Å²) in [6.45, 7) is 4.64. The molecule has 0 atom stereocenters. The van der Waals surface area contributed by atoms with E-state index in [0.29, 0.717) is 23.8 Å². The number of alkyl halides is 3. The molecule has 0 bridgehead atoms. The fourth-order valence-electron chi connectivity index (χ4n) is 1.77. The summed E-state index contributed by atoms with van der Waals surface area (Å²) in [6.07, 6.45) is -4.34. The van der Waals surface area contributed by atoms with Crippen molar-refractivity contribution < 1.29 is 13.2 Å². The van der Waals surface area contributed by atoms with Gasteiger partial charge in [-0.3, -0.25) is 5.10 Å². The monoisotopic (exact) mass is 283 g/mol. The van der Waals surface area contributed by atoms with Gasteiger partial charge in [0.25, 0.3) is 0 Å². The predicted octanol–water partition coefficient (Wildman–Crippen LogP) is 3.59. The normalized spacial score (nSPS) is 12.1. The maximum Gasteiger partial charge on any atom is 0.416 e. The molecule has 0 saturated heterocycles. The van der Waals surface area contributed by atoms with Crippen LogP contribution in [0.25, 0.3) is 11.3 Å². The standard InChI is InChI=1S/C14H16F3N3/c1-9(2)18-8-12-7-13(20-19-12)10-4-3-5-11(6-10)14(15,16)17/h3-7,9,18H,8H2,1-2H3,(H,19,20). The third kappa shape index (κ3) is 3.60. The molecule has 0 radical (unpaired) electrons. The second-order valence-electron chi connectivity index (χ2n) is 4.89. The lowest BCUT2D eigenvalue weighted by Crippen LogP contribution is -2.21. The summed E-state index contributed by atoms with van der Waals surface area (Å²) in [5, 5.41) is 10.1.